The van der Waals surface area contributed by atoms with Gasteiger partial charge in [0, 0.05) is 32.2 Å². The highest BCUT2D eigenvalue weighted by Crippen LogP contribution is 2.29. The molecule has 7 nitrogen and oxygen atoms in total. The summed E-state index contributed by atoms with van der Waals surface area (Å²) >= 11 is 0. The number of hydrogen-bond acceptors (Lipinski definition) is 5. The molecule has 2 aliphatic heterocycles. The van der Waals surface area contributed by atoms with Crippen LogP contribution in [-0.2, 0) is 16.0 Å². The van der Waals surface area contributed by atoms with Crippen LogP contribution in [0.3, 0.4) is 0 Å². The van der Waals surface area contributed by atoms with Gasteiger partial charge in [-0.15, -0.1) is 0 Å². The number of hydrogen-bond donors (Lipinski definition) is 3. The van der Waals surface area contributed by atoms with Crippen molar-refractivity contribution in [3.63, 3.8) is 0 Å². The van der Waals surface area contributed by atoms with Gasteiger partial charge in [-0.25, -0.2) is 9.59 Å². The van der Waals surface area contributed by atoms with Crippen molar-refractivity contribution in [3.05, 3.63) is 29.8 Å². The maximum Gasteiger partial charge on any atom is 0.414 e. The summed E-state index contributed by atoms with van der Waals surface area (Å²) in [5.74, 6) is -1.74. The van der Waals surface area contributed by atoms with Crippen molar-refractivity contribution in [1.82, 2.24) is 5.32 Å². The number of carboxylic acids is 2. The lowest BCUT2D eigenvalue weighted by Crippen LogP contribution is -2.35. The first kappa shape index (κ1) is 16.8. The molecule has 1 aromatic rings. The second-order valence-electron chi connectivity index (χ2n) is 5.65. The third-order valence-corrected chi connectivity index (χ3v) is 3.85. The maximum atomic E-state index is 9.10. The van der Waals surface area contributed by atoms with Gasteiger partial charge in [-0.3, -0.25) is 4.99 Å². The summed E-state index contributed by atoms with van der Waals surface area (Å²) < 4.78 is 0. The van der Waals surface area contributed by atoms with E-state index >= 15 is 0 Å². The number of amidine groups is 1. The molecule has 7 heteroatoms. The molecule has 0 aliphatic carbocycles. The molecule has 1 aromatic carbocycles. The number of carboxylic acid groups (broad SMARTS) is 2. The van der Waals surface area contributed by atoms with Gasteiger partial charge in [-0.05, 0) is 24.0 Å². The van der Waals surface area contributed by atoms with Crippen molar-refractivity contribution < 1.29 is 19.8 Å². The first-order chi connectivity index (χ1) is 11.0. The lowest BCUT2D eigenvalue weighted by molar-refractivity contribution is -0.159. The average molecular weight is 319 g/mol. The molecule has 0 saturated carbocycles. The van der Waals surface area contributed by atoms with E-state index in [1.54, 1.807) is 0 Å². The number of rotatable bonds is 2. The number of nitrogens with zero attached hydrogens (tertiary/aromatic N) is 2. The Labute approximate surface area is 134 Å². The molecule has 0 fully saturated rings. The molecule has 0 aromatic heterocycles. The zero-order valence-electron chi connectivity index (χ0n) is 13.0. The van der Waals surface area contributed by atoms with Crippen LogP contribution >= 0.6 is 0 Å². The largest absolute Gasteiger partial charge is 0.473 e. The summed E-state index contributed by atoms with van der Waals surface area (Å²) in [5, 5.41) is 18.2. The number of benzene rings is 1. The zero-order valence-corrected chi connectivity index (χ0v) is 13.0. The Bertz CT molecular complexity index is 603. The topological polar surface area (TPSA) is 102 Å². The fourth-order valence-corrected chi connectivity index (χ4v) is 2.91. The number of fused-ring (bicyclic) bond motifs is 1. The minimum Gasteiger partial charge on any atom is -0.473 e. The molecule has 3 rings (SSSR count). The average Bonchev–Trinajstić information content (AvgIpc) is 3.01. The van der Waals surface area contributed by atoms with Gasteiger partial charge >= 0.3 is 11.9 Å². The molecular weight excluding hydrogens is 298 g/mol. The van der Waals surface area contributed by atoms with Crippen LogP contribution in [0.25, 0.3) is 0 Å². The van der Waals surface area contributed by atoms with Gasteiger partial charge in [-0.2, -0.15) is 0 Å². The van der Waals surface area contributed by atoms with Crippen LogP contribution in [0.5, 0.6) is 0 Å². The normalized spacial score (nSPS) is 18.9. The molecule has 0 amide bonds. The van der Waals surface area contributed by atoms with Crippen molar-refractivity contribution in [3.8, 4) is 0 Å². The lowest BCUT2D eigenvalue weighted by Gasteiger charge is -2.33. The Balaban J connectivity index is 0.000000277. The standard InChI is InChI=1S/C14H19N3.C2H2O4/c1-17-10-11(9-14-15-6-7-16-14)8-12-4-2-3-5-13(12)17;3-1(4)2(5)6/h2-5,11H,6-10H2,1H3,(H,15,16);(H,3,4)(H,5,6). The first-order valence-electron chi connectivity index (χ1n) is 7.50. The number of carbonyl (C=O) groups is 2. The van der Waals surface area contributed by atoms with Crippen molar-refractivity contribution in [1.29, 1.82) is 0 Å². The van der Waals surface area contributed by atoms with Gasteiger partial charge in [0.05, 0.1) is 12.4 Å². The molecule has 0 radical (unpaired) electrons. The third kappa shape index (κ3) is 4.70. The van der Waals surface area contributed by atoms with Gasteiger partial charge in [0.2, 0.25) is 0 Å². The highest BCUT2D eigenvalue weighted by atomic mass is 16.4. The fraction of sp³-hybridized carbons (Fsp3) is 0.438. The third-order valence-electron chi connectivity index (χ3n) is 3.85. The Morgan fingerprint density at radius 3 is 2.61 bits per heavy atom. The number of para-hydroxylation sites is 1. The molecule has 2 heterocycles. The van der Waals surface area contributed by atoms with Gasteiger partial charge in [0.25, 0.3) is 0 Å². The van der Waals surface area contributed by atoms with Crippen LogP contribution in [-0.4, -0.2) is 54.7 Å². The van der Waals surface area contributed by atoms with Crippen LogP contribution in [0.4, 0.5) is 5.69 Å². The zero-order chi connectivity index (χ0) is 16.8. The van der Waals surface area contributed by atoms with Crippen molar-refractivity contribution in [2.24, 2.45) is 10.9 Å². The quantitative estimate of drug-likeness (QED) is 0.698. The van der Waals surface area contributed by atoms with Crippen molar-refractivity contribution in [2.45, 2.75) is 12.8 Å². The number of anilines is 1. The number of aliphatic imine (C=N–C) groups is 1. The monoisotopic (exact) mass is 319 g/mol. The second kappa shape index (κ2) is 7.62. The van der Waals surface area contributed by atoms with E-state index < -0.39 is 11.9 Å². The molecule has 0 bridgehead atoms. The van der Waals surface area contributed by atoms with Gasteiger partial charge in [0.15, 0.2) is 0 Å². The van der Waals surface area contributed by atoms with Crippen LogP contribution < -0.4 is 10.2 Å². The SMILES string of the molecule is CN1CC(CC2=NCCN2)Cc2ccccc21.O=C(O)C(=O)O. The number of aliphatic carboxylic acids is 2. The van der Waals surface area contributed by atoms with Gasteiger partial charge in [-0.1, -0.05) is 18.2 Å². The molecule has 124 valence electrons. The molecule has 3 N–H and O–H groups in total. The fourth-order valence-electron chi connectivity index (χ4n) is 2.91. The predicted molar refractivity (Wildman–Crippen MR) is 87.1 cm³/mol. The Morgan fingerprint density at radius 2 is 2.00 bits per heavy atom. The molecule has 1 unspecified atom stereocenters. The summed E-state index contributed by atoms with van der Waals surface area (Å²) in [6, 6.07) is 8.73. The molecule has 0 spiro atoms. The maximum absolute atomic E-state index is 9.10. The van der Waals surface area contributed by atoms with Crippen LogP contribution in [0.1, 0.15) is 12.0 Å². The minimum absolute atomic E-state index is 0.694. The van der Waals surface area contributed by atoms with Crippen molar-refractivity contribution >= 4 is 23.5 Å². The Hall–Kier alpha value is -2.57. The van der Waals surface area contributed by atoms with Crippen molar-refractivity contribution in [2.75, 3.05) is 31.6 Å². The second-order valence-corrected chi connectivity index (χ2v) is 5.65. The molecule has 2 aliphatic rings. The summed E-state index contributed by atoms with van der Waals surface area (Å²) in [6.07, 6.45) is 2.28. The number of nitrogens with one attached hydrogen (secondary N) is 1. The van der Waals surface area contributed by atoms with E-state index in [0.717, 1.165) is 26.1 Å². The van der Waals surface area contributed by atoms with E-state index in [2.05, 4.69) is 46.5 Å². The highest BCUT2D eigenvalue weighted by Gasteiger charge is 2.23. The molecule has 0 saturated heterocycles. The van der Waals surface area contributed by atoms with Crippen LogP contribution in [0, 0.1) is 5.92 Å². The summed E-state index contributed by atoms with van der Waals surface area (Å²) in [4.78, 5) is 25.1. The van der Waals surface area contributed by atoms with E-state index in [1.807, 2.05) is 0 Å². The van der Waals surface area contributed by atoms with E-state index in [9.17, 15) is 0 Å². The van der Waals surface area contributed by atoms with E-state index in [0.29, 0.717) is 5.92 Å². The lowest BCUT2D eigenvalue weighted by atomic mass is 9.90. The van der Waals surface area contributed by atoms with Crippen LogP contribution in [0.15, 0.2) is 29.3 Å². The molecule has 23 heavy (non-hydrogen) atoms. The molecule has 1 atom stereocenters. The van der Waals surface area contributed by atoms with E-state index in [1.165, 1.54) is 23.5 Å². The first-order valence-corrected chi connectivity index (χ1v) is 7.50. The Morgan fingerprint density at radius 1 is 1.30 bits per heavy atom. The van der Waals surface area contributed by atoms with Gasteiger partial charge in [0.1, 0.15) is 0 Å². The summed E-state index contributed by atoms with van der Waals surface area (Å²) in [5.41, 5.74) is 2.87. The van der Waals surface area contributed by atoms with E-state index in [4.69, 9.17) is 19.8 Å². The highest BCUT2D eigenvalue weighted by molar-refractivity contribution is 6.27. The smallest absolute Gasteiger partial charge is 0.414 e. The Kier molecular flexibility index (Phi) is 5.56. The minimum atomic E-state index is -1.82. The summed E-state index contributed by atoms with van der Waals surface area (Å²) in [7, 11) is 2.19. The van der Waals surface area contributed by atoms with E-state index in [-0.39, 0.29) is 0 Å². The van der Waals surface area contributed by atoms with Crippen LogP contribution in [0.2, 0.25) is 0 Å². The molecular formula is C16H21N3O4. The summed E-state index contributed by atoms with van der Waals surface area (Å²) in [6.45, 7) is 3.11. The predicted octanol–water partition coefficient (Wildman–Crippen LogP) is 0.842. The van der Waals surface area contributed by atoms with Gasteiger partial charge < -0.3 is 20.4 Å².